The summed E-state index contributed by atoms with van der Waals surface area (Å²) in [5.74, 6) is 0.434. The highest BCUT2D eigenvalue weighted by Gasteiger charge is 2.36. The van der Waals surface area contributed by atoms with E-state index in [-0.39, 0.29) is 33.5 Å². The Hall–Kier alpha value is -1.64. The lowest BCUT2D eigenvalue weighted by atomic mass is 9.86. The average Bonchev–Trinajstić information content (AvgIpc) is 3.06. The van der Waals surface area contributed by atoms with E-state index in [1.54, 1.807) is 4.90 Å². The van der Waals surface area contributed by atoms with E-state index in [1.807, 2.05) is 19.1 Å². The first kappa shape index (κ1) is 24.0. The summed E-state index contributed by atoms with van der Waals surface area (Å²) in [7, 11) is -3.17. The van der Waals surface area contributed by atoms with Crippen LogP contribution in [0.3, 0.4) is 0 Å². The van der Waals surface area contributed by atoms with E-state index in [4.69, 9.17) is 11.6 Å². The van der Waals surface area contributed by atoms with Crippen LogP contribution in [-0.2, 0) is 21.8 Å². The van der Waals surface area contributed by atoms with Crippen LogP contribution in [0.5, 0.6) is 0 Å². The van der Waals surface area contributed by atoms with Crippen molar-refractivity contribution in [3.63, 3.8) is 0 Å². The Balaban J connectivity index is 1.94. The van der Waals surface area contributed by atoms with Gasteiger partial charge in [-0.1, -0.05) is 75.3 Å². The lowest BCUT2D eigenvalue weighted by molar-refractivity contribution is 0.0674. The van der Waals surface area contributed by atoms with Crippen molar-refractivity contribution in [2.75, 3.05) is 17.3 Å². The van der Waals surface area contributed by atoms with Gasteiger partial charge in [-0.3, -0.25) is 4.79 Å². The molecule has 0 bridgehead atoms. The number of carbonyl (C=O) groups is 1. The van der Waals surface area contributed by atoms with Gasteiger partial charge in [0.2, 0.25) is 0 Å². The maximum absolute atomic E-state index is 13.5. The largest absolute Gasteiger partial charge is 0.329 e. The fourth-order valence-electron chi connectivity index (χ4n) is 3.53. The lowest BCUT2D eigenvalue weighted by Crippen LogP contribution is -2.41. The number of hydrogen-bond acceptors (Lipinski definition) is 6. The van der Waals surface area contributed by atoms with Crippen molar-refractivity contribution in [1.29, 1.82) is 0 Å². The molecular weight excluding hydrogens is 454 g/mol. The Morgan fingerprint density at radius 2 is 1.94 bits per heavy atom. The highest BCUT2D eigenvalue weighted by atomic mass is 35.5. The fourth-order valence-corrected chi connectivity index (χ4v) is 5.97. The van der Waals surface area contributed by atoms with Gasteiger partial charge in [0.15, 0.2) is 20.7 Å². The van der Waals surface area contributed by atoms with Crippen LogP contribution in [0.15, 0.2) is 35.6 Å². The number of nitrogens with zero attached hydrogens (tertiary/aromatic N) is 3. The number of amides is 1. The molecule has 1 aromatic heterocycles. The Morgan fingerprint density at radius 3 is 2.48 bits per heavy atom. The number of halogens is 1. The molecule has 2 heterocycles. The van der Waals surface area contributed by atoms with Crippen LogP contribution in [-0.4, -0.2) is 52.5 Å². The summed E-state index contributed by atoms with van der Waals surface area (Å²) in [4.78, 5) is 23.6. The van der Waals surface area contributed by atoms with Crippen LogP contribution >= 0.6 is 23.4 Å². The summed E-state index contributed by atoms with van der Waals surface area (Å²) in [6.07, 6.45) is 1.84. The highest BCUT2D eigenvalue weighted by molar-refractivity contribution is 7.99. The summed E-state index contributed by atoms with van der Waals surface area (Å²) in [6, 6.07) is 7.68. The smallest absolute Gasteiger partial charge is 0.274 e. The number of thioether (sulfide) groups is 1. The molecule has 1 amide bonds. The van der Waals surface area contributed by atoms with E-state index in [9.17, 15) is 13.2 Å². The van der Waals surface area contributed by atoms with Gasteiger partial charge in [-0.25, -0.2) is 18.4 Å². The van der Waals surface area contributed by atoms with Gasteiger partial charge in [-0.15, -0.1) is 0 Å². The van der Waals surface area contributed by atoms with Gasteiger partial charge in [-0.2, -0.15) is 0 Å². The van der Waals surface area contributed by atoms with Crippen molar-refractivity contribution in [3.05, 3.63) is 52.3 Å². The fraction of sp³-hybridized carbons (Fsp3) is 0.500. The predicted octanol–water partition coefficient (Wildman–Crippen LogP) is 4.37. The van der Waals surface area contributed by atoms with Crippen LogP contribution in [0, 0.1) is 0 Å². The molecule has 0 radical (unpaired) electrons. The molecule has 1 saturated heterocycles. The third-order valence-electron chi connectivity index (χ3n) is 5.28. The number of sulfone groups is 1. The molecule has 2 aromatic rings. The van der Waals surface area contributed by atoms with Crippen LogP contribution in [0.25, 0.3) is 0 Å². The molecule has 0 unspecified atom stereocenters. The Morgan fingerprint density at radius 1 is 1.26 bits per heavy atom. The van der Waals surface area contributed by atoms with Crippen molar-refractivity contribution in [1.82, 2.24) is 14.9 Å². The van der Waals surface area contributed by atoms with Crippen LogP contribution in [0.1, 0.15) is 55.7 Å². The van der Waals surface area contributed by atoms with Gasteiger partial charge in [0, 0.05) is 12.6 Å². The van der Waals surface area contributed by atoms with Crippen molar-refractivity contribution < 1.29 is 13.2 Å². The van der Waals surface area contributed by atoms with Crippen molar-refractivity contribution >= 4 is 39.1 Å². The summed E-state index contributed by atoms with van der Waals surface area (Å²) in [5.41, 5.74) is 2.26. The number of carbonyl (C=O) groups excluding carboxylic acids is 1. The maximum Gasteiger partial charge on any atom is 0.274 e. The Kier molecular flexibility index (Phi) is 7.33. The second kappa shape index (κ2) is 9.46. The molecule has 1 aliphatic heterocycles. The quantitative estimate of drug-likeness (QED) is 0.450. The molecule has 168 valence electrons. The molecule has 0 saturated carbocycles. The van der Waals surface area contributed by atoms with Crippen molar-refractivity contribution in [2.45, 2.75) is 57.3 Å². The average molecular weight is 482 g/mol. The van der Waals surface area contributed by atoms with Gasteiger partial charge >= 0.3 is 0 Å². The van der Waals surface area contributed by atoms with Crippen LogP contribution < -0.4 is 0 Å². The first-order valence-corrected chi connectivity index (χ1v) is 13.4. The summed E-state index contributed by atoms with van der Waals surface area (Å²) >= 11 is 7.69. The van der Waals surface area contributed by atoms with Gasteiger partial charge < -0.3 is 4.90 Å². The number of rotatable bonds is 6. The summed E-state index contributed by atoms with van der Waals surface area (Å²) < 4.78 is 24.3. The SMILES string of the molecule is CCSc1ncc(Cl)c(C(=O)N(Cc2ccc(C(C)(C)C)cc2)[C@H]2CCS(=O)(=O)C2)n1. The van der Waals surface area contributed by atoms with Gasteiger partial charge in [0.25, 0.3) is 5.91 Å². The minimum Gasteiger partial charge on any atom is -0.329 e. The maximum atomic E-state index is 13.5. The topological polar surface area (TPSA) is 80.2 Å². The van der Waals surface area contributed by atoms with E-state index in [2.05, 4.69) is 42.9 Å². The van der Waals surface area contributed by atoms with E-state index < -0.39 is 15.9 Å². The van der Waals surface area contributed by atoms with Crippen LogP contribution in [0.4, 0.5) is 0 Å². The molecule has 1 aliphatic rings. The lowest BCUT2D eigenvalue weighted by Gasteiger charge is -2.29. The minimum atomic E-state index is -3.17. The van der Waals surface area contributed by atoms with E-state index >= 15 is 0 Å². The zero-order chi connectivity index (χ0) is 22.8. The molecule has 1 atom stereocenters. The molecule has 1 fully saturated rings. The molecule has 6 nitrogen and oxygen atoms in total. The van der Waals surface area contributed by atoms with Crippen LogP contribution in [0.2, 0.25) is 5.02 Å². The van der Waals surface area contributed by atoms with Crippen molar-refractivity contribution in [3.8, 4) is 0 Å². The second-order valence-corrected chi connectivity index (χ2v) is 12.6. The molecule has 0 aliphatic carbocycles. The first-order chi connectivity index (χ1) is 14.5. The molecular formula is C22H28ClN3O3S2. The van der Waals surface area contributed by atoms with Gasteiger partial charge in [-0.05, 0) is 28.7 Å². The second-order valence-electron chi connectivity index (χ2n) is 8.72. The summed E-state index contributed by atoms with van der Waals surface area (Å²) in [6.45, 7) is 8.69. The predicted molar refractivity (Wildman–Crippen MR) is 126 cm³/mol. The van der Waals surface area contributed by atoms with E-state index in [0.717, 1.165) is 11.3 Å². The molecule has 0 N–H and O–H groups in total. The van der Waals surface area contributed by atoms with Gasteiger partial charge in [0.05, 0.1) is 22.7 Å². The minimum absolute atomic E-state index is 0.0232. The molecule has 1 aromatic carbocycles. The first-order valence-electron chi connectivity index (χ1n) is 10.3. The molecule has 3 rings (SSSR count). The van der Waals surface area contributed by atoms with Crippen molar-refractivity contribution in [2.24, 2.45) is 0 Å². The number of aromatic nitrogens is 2. The zero-order valence-electron chi connectivity index (χ0n) is 18.3. The molecule has 0 spiro atoms. The standard InChI is InChI=1S/C22H28ClN3O3S2/c1-5-30-21-24-12-18(23)19(25-21)20(27)26(17-10-11-31(28,29)14-17)13-15-6-8-16(9-7-15)22(2,3)4/h6-9,12,17H,5,10-11,13-14H2,1-4H3/t17-/m0/s1. The third kappa shape index (κ3) is 5.99. The van der Waals surface area contributed by atoms with E-state index in [0.29, 0.717) is 18.1 Å². The number of hydrogen-bond donors (Lipinski definition) is 0. The zero-order valence-corrected chi connectivity index (χ0v) is 20.6. The summed E-state index contributed by atoms with van der Waals surface area (Å²) in [5, 5.41) is 0.642. The highest BCUT2D eigenvalue weighted by Crippen LogP contribution is 2.27. The Bertz CT molecular complexity index is 1050. The molecule has 31 heavy (non-hydrogen) atoms. The monoisotopic (exact) mass is 481 g/mol. The van der Waals surface area contributed by atoms with E-state index in [1.165, 1.54) is 23.5 Å². The third-order valence-corrected chi connectivity index (χ3v) is 8.05. The molecule has 9 heteroatoms. The Labute approximate surface area is 193 Å². The van der Waals surface area contributed by atoms with Gasteiger partial charge in [0.1, 0.15) is 0 Å². The normalized spacial score (nSPS) is 18.2. The number of benzene rings is 1.